The Bertz CT molecular complexity index is 862. The quantitative estimate of drug-likeness (QED) is 0.577. The van der Waals surface area contributed by atoms with E-state index >= 15 is 0 Å². The third-order valence-corrected chi connectivity index (χ3v) is 3.34. The second kappa shape index (κ2) is 7.28. The van der Waals surface area contributed by atoms with Crippen molar-refractivity contribution in [1.82, 2.24) is 15.0 Å². The van der Waals surface area contributed by atoms with Gasteiger partial charge in [0, 0.05) is 24.2 Å². The van der Waals surface area contributed by atoms with Gasteiger partial charge in [-0.3, -0.25) is 14.8 Å². The van der Waals surface area contributed by atoms with Gasteiger partial charge in [0.2, 0.25) is 0 Å². The van der Waals surface area contributed by atoms with E-state index in [0.717, 1.165) is 0 Å². The SMILES string of the molecule is O=C(Cc1ccccn1)c1cccc(/C(O)=C/c2ccccn2)n1. The molecular formula is C19H15N3O2. The molecule has 0 bridgehead atoms. The second-order valence-corrected chi connectivity index (χ2v) is 5.11. The summed E-state index contributed by atoms with van der Waals surface area (Å²) in [7, 11) is 0. The Morgan fingerprint density at radius 1 is 0.917 bits per heavy atom. The lowest BCUT2D eigenvalue weighted by Crippen LogP contribution is -2.08. The van der Waals surface area contributed by atoms with Gasteiger partial charge in [-0.1, -0.05) is 18.2 Å². The van der Waals surface area contributed by atoms with Crippen molar-refractivity contribution in [1.29, 1.82) is 0 Å². The Labute approximate surface area is 139 Å². The van der Waals surface area contributed by atoms with Crippen LogP contribution in [-0.4, -0.2) is 25.8 Å². The molecular weight excluding hydrogens is 302 g/mol. The van der Waals surface area contributed by atoms with Crippen LogP contribution < -0.4 is 0 Å². The van der Waals surface area contributed by atoms with Crippen molar-refractivity contribution in [3.63, 3.8) is 0 Å². The number of aromatic nitrogens is 3. The summed E-state index contributed by atoms with van der Waals surface area (Å²) in [4.78, 5) is 24.8. The van der Waals surface area contributed by atoms with Crippen molar-refractivity contribution in [3.05, 3.63) is 89.8 Å². The molecule has 3 heterocycles. The van der Waals surface area contributed by atoms with E-state index in [0.29, 0.717) is 22.8 Å². The van der Waals surface area contributed by atoms with Crippen LogP contribution in [0.4, 0.5) is 0 Å². The number of hydrogen-bond acceptors (Lipinski definition) is 5. The monoisotopic (exact) mass is 317 g/mol. The summed E-state index contributed by atoms with van der Waals surface area (Å²) in [5, 5.41) is 10.2. The minimum absolute atomic E-state index is 0.0406. The highest BCUT2D eigenvalue weighted by molar-refractivity contribution is 5.95. The standard InChI is InChI=1S/C19H15N3O2/c23-18(12-14-6-1-3-10-20-14)16-8-5-9-17(22-16)19(24)13-15-7-2-4-11-21-15/h1-12,23H,13H2/b18-12-. The first kappa shape index (κ1) is 15.6. The average Bonchev–Trinajstić information content (AvgIpc) is 2.63. The molecule has 0 aliphatic heterocycles. The maximum atomic E-state index is 12.3. The van der Waals surface area contributed by atoms with E-state index in [-0.39, 0.29) is 18.0 Å². The smallest absolute Gasteiger partial charge is 0.187 e. The van der Waals surface area contributed by atoms with Crippen molar-refractivity contribution < 1.29 is 9.90 Å². The lowest BCUT2D eigenvalue weighted by molar-refractivity contribution is 0.0987. The van der Waals surface area contributed by atoms with E-state index < -0.39 is 0 Å². The topological polar surface area (TPSA) is 76.0 Å². The second-order valence-electron chi connectivity index (χ2n) is 5.11. The first-order chi connectivity index (χ1) is 11.7. The van der Waals surface area contributed by atoms with Crippen molar-refractivity contribution in [2.45, 2.75) is 6.42 Å². The number of Topliss-reactive ketones (excluding diaryl/α,β-unsaturated/α-hetero) is 1. The average molecular weight is 317 g/mol. The van der Waals surface area contributed by atoms with Crippen molar-refractivity contribution in [2.75, 3.05) is 0 Å². The molecule has 0 aliphatic rings. The van der Waals surface area contributed by atoms with Gasteiger partial charge in [-0.15, -0.1) is 0 Å². The van der Waals surface area contributed by atoms with Crippen LogP contribution in [0.5, 0.6) is 0 Å². The van der Waals surface area contributed by atoms with Gasteiger partial charge in [-0.2, -0.15) is 0 Å². The van der Waals surface area contributed by atoms with Gasteiger partial charge in [-0.25, -0.2) is 4.98 Å². The fourth-order valence-corrected chi connectivity index (χ4v) is 2.17. The highest BCUT2D eigenvalue weighted by Crippen LogP contribution is 2.14. The fraction of sp³-hybridized carbons (Fsp3) is 0.0526. The van der Waals surface area contributed by atoms with Gasteiger partial charge in [-0.05, 0) is 36.4 Å². The highest BCUT2D eigenvalue weighted by Gasteiger charge is 2.11. The van der Waals surface area contributed by atoms with Gasteiger partial charge < -0.3 is 5.11 Å². The Kier molecular flexibility index (Phi) is 4.72. The number of aliphatic hydroxyl groups excluding tert-OH is 1. The normalized spacial score (nSPS) is 11.2. The Morgan fingerprint density at radius 2 is 1.67 bits per heavy atom. The molecule has 3 aromatic heterocycles. The predicted molar refractivity (Wildman–Crippen MR) is 91.2 cm³/mol. The molecule has 0 amide bonds. The van der Waals surface area contributed by atoms with Crippen LogP contribution in [0.2, 0.25) is 0 Å². The lowest BCUT2D eigenvalue weighted by atomic mass is 10.1. The van der Waals surface area contributed by atoms with Crippen LogP contribution in [0, 0.1) is 0 Å². The van der Waals surface area contributed by atoms with Gasteiger partial charge in [0.15, 0.2) is 5.78 Å². The molecule has 3 rings (SSSR count). The summed E-state index contributed by atoms with van der Waals surface area (Å²) in [5.74, 6) is -0.192. The number of carbonyl (C=O) groups excluding carboxylic acids is 1. The summed E-state index contributed by atoms with van der Waals surface area (Å²) in [6, 6.07) is 15.8. The van der Waals surface area contributed by atoms with E-state index in [1.54, 1.807) is 54.9 Å². The largest absolute Gasteiger partial charge is 0.506 e. The first-order valence-corrected chi connectivity index (χ1v) is 7.44. The van der Waals surface area contributed by atoms with Gasteiger partial charge in [0.1, 0.15) is 17.1 Å². The maximum absolute atomic E-state index is 12.3. The number of carbonyl (C=O) groups is 1. The molecule has 0 saturated carbocycles. The zero-order valence-corrected chi connectivity index (χ0v) is 12.8. The van der Waals surface area contributed by atoms with E-state index in [9.17, 15) is 9.90 Å². The number of ketones is 1. The third kappa shape index (κ3) is 3.89. The van der Waals surface area contributed by atoms with Gasteiger partial charge in [0.25, 0.3) is 0 Å². The van der Waals surface area contributed by atoms with Crippen LogP contribution in [0.1, 0.15) is 27.6 Å². The molecule has 0 aliphatic carbocycles. The third-order valence-electron chi connectivity index (χ3n) is 3.34. The molecule has 1 N–H and O–H groups in total. The number of hydrogen-bond donors (Lipinski definition) is 1. The van der Waals surface area contributed by atoms with Crippen LogP contribution in [-0.2, 0) is 6.42 Å². The zero-order chi connectivity index (χ0) is 16.8. The maximum Gasteiger partial charge on any atom is 0.187 e. The molecule has 3 aromatic rings. The summed E-state index contributed by atoms with van der Waals surface area (Å²) in [5.41, 5.74) is 1.91. The van der Waals surface area contributed by atoms with E-state index in [4.69, 9.17) is 0 Å². The number of rotatable bonds is 5. The number of nitrogens with zero attached hydrogens (tertiary/aromatic N) is 3. The minimum Gasteiger partial charge on any atom is -0.506 e. The molecule has 0 spiro atoms. The molecule has 0 saturated heterocycles. The number of aliphatic hydroxyl groups is 1. The predicted octanol–water partition coefficient (Wildman–Crippen LogP) is 3.35. The molecule has 0 aromatic carbocycles. The van der Waals surface area contributed by atoms with Crippen LogP contribution in [0.15, 0.2) is 67.0 Å². The van der Waals surface area contributed by atoms with E-state index in [1.807, 2.05) is 12.1 Å². The van der Waals surface area contributed by atoms with Crippen molar-refractivity contribution in [2.24, 2.45) is 0 Å². The summed E-state index contributed by atoms with van der Waals surface area (Å²) >= 11 is 0. The summed E-state index contributed by atoms with van der Waals surface area (Å²) in [6.45, 7) is 0. The van der Waals surface area contributed by atoms with Gasteiger partial charge in [0.05, 0.1) is 12.1 Å². The molecule has 0 fully saturated rings. The Balaban J connectivity index is 1.81. The molecule has 5 nitrogen and oxygen atoms in total. The van der Waals surface area contributed by atoms with Crippen LogP contribution >= 0.6 is 0 Å². The summed E-state index contributed by atoms with van der Waals surface area (Å²) < 4.78 is 0. The van der Waals surface area contributed by atoms with Gasteiger partial charge >= 0.3 is 0 Å². The first-order valence-electron chi connectivity index (χ1n) is 7.44. The molecule has 0 atom stereocenters. The van der Waals surface area contributed by atoms with Crippen LogP contribution in [0.25, 0.3) is 11.8 Å². The Hall–Kier alpha value is -3.34. The zero-order valence-electron chi connectivity index (χ0n) is 12.8. The highest BCUT2D eigenvalue weighted by atomic mass is 16.3. The van der Waals surface area contributed by atoms with Crippen LogP contribution in [0.3, 0.4) is 0 Å². The van der Waals surface area contributed by atoms with E-state index in [2.05, 4.69) is 15.0 Å². The lowest BCUT2D eigenvalue weighted by Gasteiger charge is -2.04. The molecule has 24 heavy (non-hydrogen) atoms. The van der Waals surface area contributed by atoms with Crippen molar-refractivity contribution >= 4 is 17.6 Å². The fourth-order valence-electron chi connectivity index (χ4n) is 2.17. The Morgan fingerprint density at radius 3 is 2.38 bits per heavy atom. The van der Waals surface area contributed by atoms with Crippen molar-refractivity contribution in [3.8, 4) is 0 Å². The number of pyridine rings is 3. The molecule has 0 radical (unpaired) electrons. The molecule has 118 valence electrons. The minimum atomic E-state index is -0.152. The molecule has 5 heteroatoms. The van der Waals surface area contributed by atoms with E-state index in [1.165, 1.54) is 6.08 Å². The summed E-state index contributed by atoms with van der Waals surface area (Å²) in [6.07, 6.45) is 4.96. The molecule has 0 unspecified atom stereocenters.